The van der Waals surface area contributed by atoms with E-state index >= 15 is 0 Å². The van der Waals surface area contributed by atoms with Crippen LogP contribution in [0, 0.1) is 0 Å². The van der Waals surface area contributed by atoms with Crippen molar-refractivity contribution in [2.24, 2.45) is 5.73 Å². The summed E-state index contributed by atoms with van der Waals surface area (Å²) in [7, 11) is -5.52. The van der Waals surface area contributed by atoms with Crippen molar-refractivity contribution in [3.05, 3.63) is 0 Å². The number of hydrogen-bond donors (Lipinski definition) is 3. The normalized spacial score (nSPS) is 28.7. The molecule has 31 heavy (non-hydrogen) atoms. The Morgan fingerprint density at radius 1 is 1.29 bits per heavy atom. The highest BCUT2D eigenvalue weighted by atomic mass is 32.3. The van der Waals surface area contributed by atoms with Gasteiger partial charge in [0, 0.05) is 25.2 Å². The van der Waals surface area contributed by atoms with Crippen LogP contribution in [0.25, 0.3) is 0 Å². The molecular weight excluding hydrogens is 455 g/mol. The lowest BCUT2D eigenvalue weighted by Crippen LogP contribution is -2.50. The van der Waals surface area contributed by atoms with Crippen molar-refractivity contribution in [1.29, 1.82) is 0 Å². The molecule has 17 heteroatoms. The van der Waals surface area contributed by atoms with Crippen LogP contribution in [-0.4, -0.2) is 86.3 Å². The van der Waals surface area contributed by atoms with E-state index in [1.54, 1.807) is 0 Å². The van der Waals surface area contributed by atoms with Gasteiger partial charge >= 0.3 is 28.6 Å². The molecule has 4 N–H and O–H groups in total. The zero-order valence-electron chi connectivity index (χ0n) is 15.8. The summed E-state index contributed by atoms with van der Waals surface area (Å²) in [6, 6.07) is -3.04. The van der Waals surface area contributed by atoms with Gasteiger partial charge in [-0.3, -0.25) is 9.63 Å². The minimum atomic E-state index is -5.58. The number of carbonyl (C=O) groups excluding carboxylic acids is 3. The second-order valence-electron chi connectivity index (χ2n) is 7.24. The van der Waals surface area contributed by atoms with Gasteiger partial charge in [-0.25, -0.2) is 15.1 Å². The number of fused-ring (bicyclic) bond motifs is 2. The van der Waals surface area contributed by atoms with E-state index in [1.807, 2.05) is 0 Å². The first kappa shape index (κ1) is 23.5. The molecule has 0 spiro atoms. The van der Waals surface area contributed by atoms with Gasteiger partial charge in [-0.05, 0) is 19.3 Å². The zero-order chi connectivity index (χ0) is 23.0. The number of hydrogen-bond acceptors (Lipinski definition) is 10. The van der Waals surface area contributed by atoms with Gasteiger partial charge in [0.1, 0.15) is 6.04 Å². The van der Waals surface area contributed by atoms with Crippen LogP contribution in [0.4, 0.5) is 18.0 Å². The van der Waals surface area contributed by atoms with Gasteiger partial charge in [0.25, 0.3) is 5.91 Å². The number of urea groups is 1. The maximum absolute atomic E-state index is 12.4. The molecule has 3 saturated heterocycles. The average Bonchev–Trinajstić information content (AvgIpc) is 3.17. The Bertz CT molecular complexity index is 840. The molecule has 3 fully saturated rings. The van der Waals surface area contributed by atoms with Crippen LogP contribution in [0.3, 0.4) is 0 Å². The van der Waals surface area contributed by atoms with E-state index in [4.69, 9.17) is 10.6 Å². The first-order valence-corrected chi connectivity index (χ1v) is 10.5. The summed E-state index contributed by atoms with van der Waals surface area (Å²) in [4.78, 5) is 41.7. The Morgan fingerprint density at radius 2 is 2.00 bits per heavy atom. The Morgan fingerprint density at radius 3 is 2.61 bits per heavy atom. The standard InChI is InChI=1S/C14H20F3N5O8S/c15-14(16,17)12(24)29-31(26,27)30-22-9-1-2-10(21(5-9)13(22)25)11(23)20-28-6-8-3-7(18)4-19-8/h7-10,19H,1-6,18H2,(H,20,23)/t7-,8+,9-,10+/m1/s1. The number of hydroxylamine groups is 3. The molecule has 0 saturated carbocycles. The van der Waals surface area contributed by atoms with Crippen molar-refractivity contribution in [1.82, 2.24) is 20.8 Å². The molecule has 3 aliphatic rings. The van der Waals surface area contributed by atoms with Crippen LogP contribution >= 0.6 is 0 Å². The summed E-state index contributed by atoms with van der Waals surface area (Å²) in [6.45, 7) is 0.630. The van der Waals surface area contributed by atoms with Gasteiger partial charge in [0.15, 0.2) is 0 Å². The number of rotatable bonds is 7. The van der Waals surface area contributed by atoms with Gasteiger partial charge in [0.2, 0.25) is 0 Å². The molecule has 0 aromatic carbocycles. The molecule has 0 aliphatic carbocycles. The smallest absolute Gasteiger partial charge is 0.326 e. The minimum absolute atomic E-state index is 0.0144. The molecule has 3 rings (SSSR count). The van der Waals surface area contributed by atoms with Gasteiger partial charge in [0.05, 0.1) is 12.6 Å². The molecule has 0 unspecified atom stereocenters. The molecule has 0 radical (unpaired) electrons. The molecule has 3 aliphatic heterocycles. The highest BCUT2D eigenvalue weighted by Crippen LogP contribution is 2.31. The Hall–Kier alpha value is -2.21. The number of nitrogens with zero attached hydrogens (tertiary/aromatic N) is 2. The molecule has 3 heterocycles. The quantitative estimate of drug-likeness (QED) is 0.360. The van der Waals surface area contributed by atoms with Crippen LogP contribution < -0.4 is 16.5 Å². The van der Waals surface area contributed by atoms with E-state index < -0.39 is 46.6 Å². The number of nitrogens with one attached hydrogen (secondary N) is 2. The first-order valence-electron chi connectivity index (χ1n) is 9.13. The largest absolute Gasteiger partial charge is 0.492 e. The van der Waals surface area contributed by atoms with Gasteiger partial charge in [-0.15, -0.1) is 4.28 Å². The summed E-state index contributed by atoms with van der Waals surface area (Å²) >= 11 is 0. The zero-order valence-corrected chi connectivity index (χ0v) is 16.6. The highest BCUT2D eigenvalue weighted by molar-refractivity contribution is 7.82. The lowest BCUT2D eigenvalue weighted by Gasteiger charge is -2.29. The van der Waals surface area contributed by atoms with Gasteiger partial charge < -0.3 is 20.1 Å². The summed E-state index contributed by atoms with van der Waals surface area (Å²) in [5.74, 6) is -3.68. The van der Waals surface area contributed by atoms with Crippen molar-refractivity contribution in [2.45, 2.75) is 49.6 Å². The van der Waals surface area contributed by atoms with Crippen molar-refractivity contribution >= 4 is 28.3 Å². The summed E-state index contributed by atoms with van der Waals surface area (Å²) < 4.78 is 67.3. The topological polar surface area (TPSA) is 170 Å². The fourth-order valence-electron chi connectivity index (χ4n) is 3.51. The van der Waals surface area contributed by atoms with Crippen LogP contribution in [0.5, 0.6) is 0 Å². The number of halogens is 3. The monoisotopic (exact) mass is 475 g/mol. The molecule has 4 atom stereocenters. The van der Waals surface area contributed by atoms with Gasteiger partial charge in [-0.2, -0.15) is 26.7 Å². The summed E-state index contributed by atoms with van der Waals surface area (Å²) in [5.41, 5.74) is 7.96. The number of alkyl halides is 3. The molecule has 2 bridgehead atoms. The van der Waals surface area contributed by atoms with Crippen LogP contribution in [0.15, 0.2) is 0 Å². The van der Waals surface area contributed by atoms with Crippen LogP contribution in [0.2, 0.25) is 0 Å². The third-order valence-corrected chi connectivity index (χ3v) is 5.62. The number of carbonyl (C=O) groups is 3. The molecule has 3 amide bonds. The molecular formula is C14H20F3N5O8S. The summed E-state index contributed by atoms with van der Waals surface area (Å²) in [5, 5.41) is 3.37. The SMILES string of the molecule is N[C@H]1CN[C@H](CONC(=O)[C@@H]2CC[C@@H]3CN2C(=O)N3OS(=O)(=O)OC(=O)C(F)(F)F)C1. The van der Waals surface area contributed by atoms with E-state index in [2.05, 4.69) is 19.3 Å². The Kier molecular flexibility index (Phi) is 6.61. The second kappa shape index (κ2) is 8.73. The Balaban J connectivity index is 1.54. The van der Waals surface area contributed by atoms with Gasteiger partial charge in [-0.1, -0.05) is 0 Å². The lowest BCUT2D eigenvalue weighted by atomic mass is 10.0. The minimum Gasteiger partial charge on any atom is -0.326 e. The van der Waals surface area contributed by atoms with Crippen molar-refractivity contribution in [3.8, 4) is 0 Å². The second-order valence-corrected chi connectivity index (χ2v) is 8.37. The van der Waals surface area contributed by atoms with E-state index in [0.29, 0.717) is 13.0 Å². The molecule has 176 valence electrons. The van der Waals surface area contributed by atoms with E-state index in [0.717, 1.165) is 4.90 Å². The average molecular weight is 475 g/mol. The van der Waals surface area contributed by atoms with Crippen molar-refractivity contribution in [3.63, 3.8) is 0 Å². The predicted molar refractivity (Wildman–Crippen MR) is 91.4 cm³/mol. The summed E-state index contributed by atoms with van der Waals surface area (Å²) in [6.07, 6.45) is -4.71. The maximum Gasteiger partial charge on any atom is 0.492 e. The predicted octanol–water partition coefficient (Wildman–Crippen LogP) is -1.73. The fourth-order valence-corrected chi connectivity index (χ4v) is 4.21. The first-order chi connectivity index (χ1) is 14.4. The third-order valence-electron chi connectivity index (χ3n) is 4.92. The van der Waals surface area contributed by atoms with E-state index in [1.165, 1.54) is 0 Å². The number of piperidine rings is 1. The van der Waals surface area contributed by atoms with Crippen LogP contribution in [0.1, 0.15) is 19.3 Å². The van der Waals surface area contributed by atoms with Crippen molar-refractivity contribution < 1.29 is 49.3 Å². The van der Waals surface area contributed by atoms with Crippen LogP contribution in [-0.2, 0) is 33.3 Å². The molecule has 0 aromatic heterocycles. The fraction of sp³-hybridized carbons (Fsp3) is 0.786. The van der Waals surface area contributed by atoms with E-state index in [9.17, 15) is 36.0 Å². The maximum atomic E-state index is 12.4. The highest BCUT2D eigenvalue weighted by Gasteiger charge is 2.51. The number of nitrogens with two attached hydrogens (primary N) is 1. The third kappa shape index (κ3) is 5.53. The molecule has 0 aromatic rings. The molecule has 13 nitrogen and oxygen atoms in total. The van der Waals surface area contributed by atoms with E-state index in [-0.39, 0.29) is 43.1 Å². The Labute approximate surface area is 174 Å². The number of amides is 3. The lowest BCUT2D eigenvalue weighted by molar-refractivity contribution is -0.191. The van der Waals surface area contributed by atoms with Crippen molar-refractivity contribution in [2.75, 3.05) is 19.7 Å².